The topological polar surface area (TPSA) is 40.1 Å². The Kier molecular flexibility index (Phi) is 21.6. The van der Waals surface area contributed by atoms with Crippen LogP contribution < -0.4 is 5.11 Å². The maximum Gasteiger partial charge on any atom is 2.00 e. The predicted molar refractivity (Wildman–Crippen MR) is 90.1 cm³/mol. The summed E-state index contributed by atoms with van der Waals surface area (Å²) >= 11 is 0. The van der Waals surface area contributed by atoms with Crippen LogP contribution in [0.5, 0.6) is 0 Å². The molecule has 3 heteroatoms. The van der Waals surface area contributed by atoms with E-state index in [2.05, 4.69) is 31.2 Å². The van der Waals surface area contributed by atoms with Crippen molar-refractivity contribution in [2.24, 2.45) is 0 Å². The van der Waals surface area contributed by atoms with Crippen molar-refractivity contribution < 1.29 is 9.90 Å². The number of hydrogen-bond donors (Lipinski definition) is 0. The molecule has 0 unspecified atom stereocenters. The molecule has 0 atom stereocenters. The van der Waals surface area contributed by atoms with Crippen LogP contribution in [0.4, 0.5) is 0 Å². The standard InChI is InChI=1S/C18H32O2.Mg/c1-2-3-4-5-6-7-8-9-10-11-12-13-14-15-16-17-18(19)20;/h6-7,9-10H,2-5,8,11-17H2,1H3,(H,19,20);/q;+2/p-1/b7-6-,10-9-;. The largest absolute Gasteiger partial charge is 2.00 e. The van der Waals surface area contributed by atoms with Crippen LogP contribution in [-0.4, -0.2) is 29.0 Å². The van der Waals surface area contributed by atoms with Gasteiger partial charge in [0.15, 0.2) is 0 Å². The summed E-state index contributed by atoms with van der Waals surface area (Å²) in [5.74, 6) is -0.921. The van der Waals surface area contributed by atoms with E-state index in [-0.39, 0.29) is 29.5 Å². The Morgan fingerprint density at radius 3 is 1.90 bits per heavy atom. The first-order valence-electron chi connectivity index (χ1n) is 8.27. The van der Waals surface area contributed by atoms with E-state index >= 15 is 0 Å². The van der Waals surface area contributed by atoms with Crippen LogP contribution in [0.15, 0.2) is 24.3 Å². The molecular formula is C18H31MgO2+. The van der Waals surface area contributed by atoms with Crippen molar-refractivity contribution in [2.75, 3.05) is 0 Å². The second-order valence-corrected chi connectivity index (χ2v) is 5.35. The van der Waals surface area contributed by atoms with Gasteiger partial charge < -0.3 is 9.90 Å². The summed E-state index contributed by atoms with van der Waals surface area (Å²) in [6.07, 6.45) is 21.9. The Labute approximate surface area is 147 Å². The van der Waals surface area contributed by atoms with E-state index in [4.69, 9.17) is 0 Å². The van der Waals surface area contributed by atoms with Crippen molar-refractivity contribution in [3.05, 3.63) is 24.3 Å². The Morgan fingerprint density at radius 2 is 1.33 bits per heavy atom. The Morgan fingerprint density at radius 1 is 0.810 bits per heavy atom. The molecule has 0 aromatic carbocycles. The minimum atomic E-state index is -0.921. The molecule has 0 bridgehead atoms. The van der Waals surface area contributed by atoms with E-state index in [1.807, 2.05) is 0 Å². The fraction of sp³-hybridized carbons (Fsp3) is 0.722. The molecule has 0 aliphatic rings. The molecule has 0 N–H and O–H groups in total. The van der Waals surface area contributed by atoms with Crippen molar-refractivity contribution in [1.29, 1.82) is 0 Å². The molecule has 116 valence electrons. The monoisotopic (exact) mass is 303 g/mol. The van der Waals surface area contributed by atoms with Gasteiger partial charge in [-0.15, -0.1) is 0 Å². The maximum atomic E-state index is 10.2. The molecule has 0 heterocycles. The predicted octanol–water partition coefficient (Wildman–Crippen LogP) is 4.17. The zero-order valence-corrected chi connectivity index (χ0v) is 15.2. The molecule has 0 radical (unpaired) electrons. The van der Waals surface area contributed by atoms with E-state index in [9.17, 15) is 9.90 Å². The zero-order valence-electron chi connectivity index (χ0n) is 13.8. The molecule has 0 aliphatic carbocycles. The van der Waals surface area contributed by atoms with Crippen molar-refractivity contribution in [2.45, 2.75) is 84.0 Å². The molecule has 0 saturated carbocycles. The smallest absolute Gasteiger partial charge is 0.550 e. The van der Waals surface area contributed by atoms with Crippen molar-refractivity contribution >= 4 is 29.0 Å². The summed E-state index contributed by atoms with van der Waals surface area (Å²) in [5, 5.41) is 10.2. The summed E-state index contributed by atoms with van der Waals surface area (Å²) in [4.78, 5) is 10.2. The summed E-state index contributed by atoms with van der Waals surface area (Å²) in [6.45, 7) is 2.23. The molecule has 0 fully saturated rings. The number of aliphatic carboxylic acids is 1. The summed E-state index contributed by atoms with van der Waals surface area (Å²) in [7, 11) is 0. The van der Waals surface area contributed by atoms with Gasteiger partial charge in [-0.25, -0.2) is 0 Å². The average Bonchev–Trinajstić information content (AvgIpc) is 2.43. The van der Waals surface area contributed by atoms with Crippen molar-refractivity contribution in [3.8, 4) is 0 Å². The molecule has 0 spiro atoms. The molecule has 0 amide bonds. The van der Waals surface area contributed by atoms with Gasteiger partial charge in [0.25, 0.3) is 0 Å². The van der Waals surface area contributed by atoms with E-state index in [1.165, 1.54) is 38.5 Å². The fourth-order valence-corrected chi connectivity index (χ4v) is 2.08. The van der Waals surface area contributed by atoms with Gasteiger partial charge >= 0.3 is 23.1 Å². The molecule has 0 aromatic rings. The SMILES string of the molecule is CCCCC/C=C\C/C=C\CCCCCCCC(=O)[O-].[Mg+2]. The normalized spacial score (nSPS) is 11.1. The number of hydrogen-bond acceptors (Lipinski definition) is 2. The van der Waals surface area contributed by atoms with E-state index < -0.39 is 5.97 Å². The van der Waals surface area contributed by atoms with Crippen LogP contribution in [0.25, 0.3) is 0 Å². The van der Waals surface area contributed by atoms with E-state index in [0.717, 1.165) is 32.1 Å². The van der Waals surface area contributed by atoms with Gasteiger partial charge in [-0.1, -0.05) is 63.3 Å². The van der Waals surface area contributed by atoms with Crippen LogP contribution in [0, 0.1) is 0 Å². The third-order valence-electron chi connectivity index (χ3n) is 3.33. The van der Waals surface area contributed by atoms with E-state index in [0.29, 0.717) is 0 Å². The Bertz CT molecular complexity index is 272. The number of unbranched alkanes of at least 4 members (excludes halogenated alkanes) is 8. The van der Waals surface area contributed by atoms with Crippen molar-refractivity contribution in [1.82, 2.24) is 0 Å². The molecule has 0 aliphatic heterocycles. The van der Waals surface area contributed by atoms with Crippen LogP contribution in [0.3, 0.4) is 0 Å². The van der Waals surface area contributed by atoms with Gasteiger partial charge in [0, 0.05) is 5.97 Å². The quantitative estimate of drug-likeness (QED) is 0.274. The fourth-order valence-electron chi connectivity index (χ4n) is 2.08. The number of rotatable bonds is 14. The first kappa shape index (κ1) is 23.0. The van der Waals surface area contributed by atoms with Gasteiger partial charge in [0.2, 0.25) is 0 Å². The van der Waals surface area contributed by atoms with Crippen LogP contribution >= 0.6 is 0 Å². The first-order chi connectivity index (χ1) is 9.77. The minimum absolute atomic E-state index is 0. The molecule has 0 rings (SSSR count). The molecule has 21 heavy (non-hydrogen) atoms. The number of allylic oxidation sites excluding steroid dienone is 4. The molecular weight excluding hydrogens is 273 g/mol. The third kappa shape index (κ3) is 22.1. The van der Waals surface area contributed by atoms with Gasteiger partial charge in [-0.3, -0.25) is 0 Å². The molecule has 2 nitrogen and oxygen atoms in total. The van der Waals surface area contributed by atoms with Gasteiger partial charge in [-0.2, -0.15) is 0 Å². The third-order valence-corrected chi connectivity index (χ3v) is 3.33. The summed E-state index contributed by atoms with van der Waals surface area (Å²) in [5.41, 5.74) is 0. The second-order valence-electron chi connectivity index (χ2n) is 5.35. The maximum absolute atomic E-state index is 10.2. The zero-order chi connectivity index (χ0) is 14.9. The summed E-state index contributed by atoms with van der Waals surface area (Å²) in [6, 6.07) is 0. The number of carbonyl (C=O) groups is 1. The summed E-state index contributed by atoms with van der Waals surface area (Å²) < 4.78 is 0. The average molecular weight is 304 g/mol. The molecule has 0 aromatic heterocycles. The number of carbonyl (C=O) groups excluding carboxylic acids is 1. The van der Waals surface area contributed by atoms with Crippen LogP contribution in [0.2, 0.25) is 0 Å². The van der Waals surface area contributed by atoms with Gasteiger partial charge in [-0.05, 0) is 44.9 Å². The van der Waals surface area contributed by atoms with Gasteiger partial charge in [0.05, 0.1) is 0 Å². The number of carboxylic acids is 1. The second kappa shape index (κ2) is 19.7. The molecule has 0 saturated heterocycles. The Balaban J connectivity index is 0. The number of carboxylic acid groups (broad SMARTS) is 1. The van der Waals surface area contributed by atoms with Gasteiger partial charge in [0.1, 0.15) is 0 Å². The van der Waals surface area contributed by atoms with Crippen molar-refractivity contribution in [3.63, 3.8) is 0 Å². The van der Waals surface area contributed by atoms with Crippen LogP contribution in [0.1, 0.15) is 84.0 Å². The first-order valence-corrected chi connectivity index (χ1v) is 8.27. The minimum Gasteiger partial charge on any atom is -0.550 e. The Hall–Kier alpha value is -0.284. The van der Waals surface area contributed by atoms with Crippen LogP contribution in [-0.2, 0) is 4.79 Å². The van der Waals surface area contributed by atoms with E-state index in [1.54, 1.807) is 0 Å².